The third kappa shape index (κ3) is 7.54. The molecule has 2 aliphatic rings. The molecule has 5 rings (SSSR count). The molecule has 9 heteroatoms. The Bertz CT molecular complexity index is 1680. The van der Waals surface area contributed by atoms with Crippen molar-refractivity contribution in [3.63, 3.8) is 0 Å². The van der Waals surface area contributed by atoms with Gasteiger partial charge in [-0.1, -0.05) is 39.0 Å². The van der Waals surface area contributed by atoms with E-state index in [1.807, 2.05) is 61.5 Å². The number of aliphatic imine (C=N–C) groups is 2. The summed E-state index contributed by atoms with van der Waals surface area (Å²) in [6, 6.07) is 21.6. The second kappa shape index (κ2) is 13.7. The zero-order valence-corrected chi connectivity index (χ0v) is 27.9. The SMILES string of the molecule is C=NC(=NC1=C(C)C(=O)N(c2cc(NC(=O)c3cccc(C(C)(C)C)c3)ccc2C)CC1)Nc1ccc(N2CCN(C)CC2)cc1. The Morgan fingerprint density at radius 2 is 1.57 bits per heavy atom. The fourth-order valence-electron chi connectivity index (χ4n) is 5.69. The van der Waals surface area contributed by atoms with Crippen molar-refractivity contribution in [2.24, 2.45) is 9.98 Å². The molecule has 2 aliphatic heterocycles. The Labute approximate surface area is 272 Å². The summed E-state index contributed by atoms with van der Waals surface area (Å²) in [6.07, 6.45) is 0.552. The lowest BCUT2D eigenvalue weighted by Crippen LogP contribution is -2.44. The van der Waals surface area contributed by atoms with E-state index in [1.165, 1.54) is 5.69 Å². The largest absolute Gasteiger partial charge is 0.369 e. The summed E-state index contributed by atoms with van der Waals surface area (Å²) < 4.78 is 0. The molecule has 0 spiro atoms. The van der Waals surface area contributed by atoms with E-state index in [-0.39, 0.29) is 17.2 Å². The predicted octanol–water partition coefficient (Wildman–Crippen LogP) is 6.48. The molecule has 1 saturated heterocycles. The molecular formula is C37H45N7O2. The van der Waals surface area contributed by atoms with Gasteiger partial charge in [0.1, 0.15) is 0 Å². The second-order valence-corrected chi connectivity index (χ2v) is 13.1. The van der Waals surface area contributed by atoms with Crippen LogP contribution in [0.25, 0.3) is 0 Å². The fraction of sp³-hybridized carbons (Fsp3) is 0.351. The molecule has 2 amide bonds. The van der Waals surface area contributed by atoms with Crippen molar-refractivity contribution in [1.82, 2.24) is 4.90 Å². The summed E-state index contributed by atoms with van der Waals surface area (Å²) >= 11 is 0. The fourth-order valence-corrected chi connectivity index (χ4v) is 5.69. The number of nitrogens with one attached hydrogen (secondary N) is 2. The lowest BCUT2D eigenvalue weighted by atomic mass is 9.86. The standard InChI is InChI=1S/C37H45N7O2/c1-25-11-12-30(39-34(45)27-9-8-10-28(23-27)37(3,4)5)24-33(25)44-18-17-32(26(2)35(44)46)41-36(38-6)40-29-13-15-31(16-14-29)43-21-19-42(7)20-22-43/h8-16,23-24H,6,17-22H2,1-5,7H3,(H,39,45)(H,40,41). The van der Waals surface area contributed by atoms with Gasteiger partial charge in [0.15, 0.2) is 0 Å². The van der Waals surface area contributed by atoms with E-state index in [0.717, 1.165) is 48.7 Å². The molecule has 0 radical (unpaired) electrons. The molecule has 0 aliphatic carbocycles. The quantitative estimate of drug-likeness (QED) is 0.244. The van der Waals surface area contributed by atoms with Crippen LogP contribution in [0, 0.1) is 6.92 Å². The molecule has 240 valence electrons. The average Bonchev–Trinajstić information content (AvgIpc) is 3.04. The normalized spacial score (nSPS) is 16.5. The molecule has 3 aromatic rings. The number of hydrogen-bond acceptors (Lipinski definition) is 5. The van der Waals surface area contributed by atoms with E-state index in [0.29, 0.717) is 41.4 Å². The highest BCUT2D eigenvalue weighted by atomic mass is 16.2. The molecule has 0 bridgehead atoms. The van der Waals surface area contributed by atoms with Crippen molar-refractivity contribution in [3.05, 3.63) is 94.7 Å². The van der Waals surface area contributed by atoms with Crippen LogP contribution in [0.5, 0.6) is 0 Å². The zero-order chi connectivity index (χ0) is 33.0. The number of amides is 2. The Balaban J connectivity index is 1.28. The number of benzene rings is 3. The van der Waals surface area contributed by atoms with Gasteiger partial charge in [-0.05, 0) is 92.7 Å². The van der Waals surface area contributed by atoms with Crippen LogP contribution < -0.4 is 20.4 Å². The van der Waals surface area contributed by atoms with Crippen LogP contribution in [0.2, 0.25) is 0 Å². The number of carbonyl (C=O) groups excluding carboxylic acids is 2. The van der Waals surface area contributed by atoms with Gasteiger partial charge in [-0.25, -0.2) is 9.98 Å². The first-order valence-electron chi connectivity index (χ1n) is 15.8. The first-order valence-corrected chi connectivity index (χ1v) is 15.8. The third-order valence-corrected chi connectivity index (χ3v) is 8.70. The third-order valence-electron chi connectivity index (χ3n) is 8.70. The number of anilines is 4. The lowest BCUT2D eigenvalue weighted by Gasteiger charge is -2.34. The number of aryl methyl sites for hydroxylation is 1. The van der Waals surface area contributed by atoms with Crippen molar-refractivity contribution in [1.29, 1.82) is 0 Å². The molecule has 2 N–H and O–H groups in total. The van der Waals surface area contributed by atoms with Crippen LogP contribution in [0.15, 0.2) is 88.0 Å². The Morgan fingerprint density at radius 3 is 2.24 bits per heavy atom. The number of guanidine groups is 1. The first-order chi connectivity index (χ1) is 21.9. The summed E-state index contributed by atoms with van der Waals surface area (Å²) in [6.45, 7) is 18.4. The summed E-state index contributed by atoms with van der Waals surface area (Å²) in [4.78, 5) is 42.1. The number of nitrogens with zero attached hydrogens (tertiary/aromatic N) is 5. The van der Waals surface area contributed by atoms with Crippen LogP contribution in [0.1, 0.15) is 55.6 Å². The molecule has 0 saturated carbocycles. The summed E-state index contributed by atoms with van der Waals surface area (Å²) in [7, 11) is 2.15. The minimum absolute atomic E-state index is 0.0645. The lowest BCUT2D eigenvalue weighted by molar-refractivity contribution is -0.115. The number of carbonyl (C=O) groups is 2. The highest BCUT2D eigenvalue weighted by Gasteiger charge is 2.27. The Kier molecular flexibility index (Phi) is 9.72. The molecule has 3 aromatic carbocycles. The van der Waals surface area contributed by atoms with Crippen LogP contribution in [0.4, 0.5) is 22.7 Å². The highest BCUT2D eigenvalue weighted by molar-refractivity contribution is 6.09. The van der Waals surface area contributed by atoms with E-state index >= 15 is 0 Å². The van der Waals surface area contributed by atoms with Crippen LogP contribution in [0.3, 0.4) is 0 Å². The minimum Gasteiger partial charge on any atom is -0.369 e. The Hall–Kier alpha value is -4.76. The first kappa shape index (κ1) is 32.6. The van der Waals surface area contributed by atoms with Crippen LogP contribution in [-0.2, 0) is 10.2 Å². The minimum atomic E-state index is -0.190. The smallest absolute Gasteiger partial charge is 0.255 e. The molecule has 46 heavy (non-hydrogen) atoms. The van der Waals surface area contributed by atoms with Crippen molar-refractivity contribution in [3.8, 4) is 0 Å². The van der Waals surface area contributed by atoms with E-state index in [2.05, 4.69) is 72.1 Å². The highest BCUT2D eigenvalue weighted by Crippen LogP contribution is 2.31. The van der Waals surface area contributed by atoms with Crippen LogP contribution in [-0.4, -0.2) is 69.2 Å². The number of likely N-dealkylation sites (N-methyl/N-ethyl adjacent to an activating group) is 1. The summed E-state index contributed by atoms with van der Waals surface area (Å²) in [5, 5.41) is 6.26. The van der Waals surface area contributed by atoms with Gasteiger partial charge in [-0.3, -0.25) is 9.59 Å². The molecule has 0 atom stereocenters. The van der Waals surface area contributed by atoms with Crippen molar-refractivity contribution in [2.75, 3.05) is 60.2 Å². The van der Waals surface area contributed by atoms with Gasteiger partial charge in [-0.15, -0.1) is 0 Å². The molecule has 2 heterocycles. The molecule has 0 aromatic heterocycles. The maximum atomic E-state index is 13.6. The number of hydrogen-bond donors (Lipinski definition) is 2. The van der Waals surface area contributed by atoms with E-state index in [4.69, 9.17) is 4.99 Å². The maximum absolute atomic E-state index is 13.6. The number of piperazine rings is 1. The molecule has 0 unspecified atom stereocenters. The summed E-state index contributed by atoms with van der Waals surface area (Å²) in [5.74, 6) is 0.0262. The zero-order valence-electron chi connectivity index (χ0n) is 27.9. The Morgan fingerprint density at radius 1 is 0.870 bits per heavy atom. The van der Waals surface area contributed by atoms with Gasteiger partial charge in [0.05, 0.1) is 5.70 Å². The van der Waals surface area contributed by atoms with Gasteiger partial charge < -0.3 is 25.3 Å². The van der Waals surface area contributed by atoms with Crippen molar-refractivity contribution >= 4 is 47.2 Å². The summed E-state index contributed by atoms with van der Waals surface area (Å²) in [5.41, 5.74) is 7.21. The average molecular weight is 620 g/mol. The van der Waals surface area contributed by atoms with Gasteiger partial charge >= 0.3 is 0 Å². The van der Waals surface area contributed by atoms with Gasteiger partial charge in [0.25, 0.3) is 11.8 Å². The van der Waals surface area contributed by atoms with E-state index in [1.54, 1.807) is 11.8 Å². The van der Waals surface area contributed by atoms with Crippen molar-refractivity contribution in [2.45, 2.75) is 46.5 Å². The second-order valence-electron chi connectivity index (χ2n) is 13.1. The molecular weight excluding hydrogens is 574 g/mol. The molecule has 1 fully saturated rings. The van der Waals surface area contributed by atoms with Crippen LogP contribution >= 0.6 is 0 Å². The topological polar surface area (TPSA) is 92.6 Å². The van der Waals surface area contributed by atoms with E-state index < -0.39 is 0 Å². The molecule has 9 nitrogen and oxygen atoms in total. The van der Waals surface area contributed by atoms with Gasteiger partial charge in [0.2, 0.25) is 5.96 Å². The van der Waals surface area contributed by atoms with E-state index in [9.17, 15) is 9.59 Å². The monoisotopic (exact) mass is 619 g/mol. The van der Waals surface area contributed by atoms with Crippen molar-refractivity contribution < 1.29 is 9.59 Å². The number of rotatable bonds is 6. The predicted molar refractivity (Wildman–Crippen MR) is 191 cm³/mol. The maximum Gasteiger partial charge on any atom is 0.255 e. The van der Waals surface area contributed by atoms with Gasteiger partial charge in [0, 0.05) is 73.0 Å². The van der Waals surface area contributed by atoms with Gasteiger partial charge in [-0.2, -0.15) is 0 Å².